The maximum absolute atomic E-state index is 12.0. The van der Waals surface area contributed by atoms with Gasteiger partial charge in [-0.1, -0.05) is 31.0 Å². The number of benzene rings is 1. The first kappa shape index (κ1) is 19.7. The van der Waals surface area contributed by atoms with Gasteiger partial charge in [0.1, 0.15) is 11.9 Å². The van der Waals surface area contributed by atoms with E-state index in [1.54, 1.807) is 6.92 Å². The van der Waals surface area contributed by atoms with E-state index < -0.39 is 5.54 Å². The number of halogens is 1. The van der Waals surface area contributed by atoms with Crippen molar-refractivity contribution in [2.45, 2.75) is 52.2 Å². The number of aryl methyl sites for hydroxylation is 1. The van der Waals surface area contributed by atoms with Gasteiger partial charge < -0.3 is 15.8 Å². The zero-order valence-electron chi connectivity index (χ0n) is 13.3. The molecule has 0 heterocycles. The Balaban J connectivity index is 0.00000400. The van der Waals surface area contributed by atoms with Gasteiger partial charge in [0.2, 0.25) is 5.91 Å². The van der Waals surface area contributed by atoms with Gasteiger partial charge in [-0.2, -0.15) is 0 Å². The predicted octanol–water partition coefficient (Wildman–Crippen LogP) is 2.82. The molecule has 1 rings (SSSR count). The molecule has 2 atom stereocenters. The molecule has 2 unspecified atom stereocenters. The molecule has 0 aliphatic heterocycles. The lowest BCUT2D eigenvalue weighted by atomic mass is 9.96. The molecule has 3 N–H and O–H groups in total. The number of nitrogens with two attached hydrogens (primary N) is 1. The Hall–Kier alpha value is -1.26. The zero-order valence-corrected chi connectivity index (χ0v) is 14.1. The van der Waals surface area contributed by atoms with Gasteiger partial charge in [-0.25, -0.2) is 0 Å². The standard InChI is InChI=1S/C16H26N2O2.ClH/c1-5-10-16(4,17)15(19)18-11-13(3)20-14-8-6-12(2)7-9-14;/h6-9,13H,5,10-11,17H2,1-4H3,(H,18,19);1H. The number of ether oxygens (including phenoxy) is 1. The van der Waals surface area contributed by atoms with Crippen LogP contribution >= 0.6 is 12.4 Å². The summed E-state index contributed by atoms with van der Waals surface area (Å²) in [6, 6.07) is 7.85. The molecule has 4 nitrogen and oxygen atoms in total. The van der Waals surface area contributed by atoms with Crippen LogP contribution in [0.3, 0.4) is 0 Å². The Morgan fingerprint density at radius 2 is 1.95 bits per heavy atom. The Bertz CT molecular complexity index is 432. The molecule has 0 fully saturated rings. The fraction of sp³-hybridized carbons (Fsp3) is 0.562. The van der Waals surface area contributed by atoms with Crippen molar-refractivity contribution in [1.82, 2.24) is 5.32 Å². The summed E-state index contributed by atoms with van der Waals surface area (Å²) in [7, 11) is 0. The maximum atomic E-state index is 12.0. The predicted molar refractivity (Wildman–Crippen MR) is 89.0 cm³/mol. The van der Waals surface area contributed by atoms with Gasteiger partial charge in [0, 0.05) is 0 Å². The molecule has 0 aromatic heterocycles. The van der Waals surface area contributed by atoms with Crippen molar-refractivity contribution < 1.29 is 9.53 Å². The number of carbonyl (C=O) groups is 1. The van der Waals surface area contributed by atoms with Crippen molar-refractivity contribution >= 4 is 18.3 Å². The molecule has 0 spiro atoms. The highest BCUT2D eigenvalue weighted by Crippen LogP contribution is 2.13. The van der Waals surface area contributed by atoms with E-state index >= 15 is 0 Å². The average molecular weight is 315 g/mol. The molecule has 0 aliphatic rings. The normalized spacial score (nSPS) is 14.5. The average Bonchev–Trinajstić information content (AvgIpc) is 2.38. The largest absolute Gasteiger partial charge is 0.489 e. The highest BCUT2D eigenvalue weighted by molar-refractivity contribution is 5.85. The lowest BCUT2D eigenvalue weighted by Gasteiger charge is -2.24. The van der Waals surface area contributed by atoms with Gasteiger partial charge in [-0.05, 0) is 39.3 Å². The number of nitrogens with one attached hydrogen (secondary N) is 1. The minimum atomic E-state index is -0.807. The van der Waals surface area contributed by atoms with Crippen LogP contribution in [0.4, 0.5) is 0 Å². The number of hydrogen-bond acceptors (Lipinski definition) is 3. The second-order valence-electron chi connectivity index (χ2n) is 5.62. The summed E-state index contributed by atoms with van der Waals surface area (Å²) in [6.07, 6.45) is 1.46. The summed E-state index contributed by atoms with van der Waals surface area (Å²) in [5.41, 5.74) is 6.36. The monoisotopic (exact) mass is 314 g/mol. The van der Waals surface area contributed by atoms with Crippen LogP contribution in [0, 0.1) is 6.92 Å². The van der Waals surface area contributed by atoms with Crippen molar-refractivity contribution in [2.75, 3.05) is 6.54 Å². The number of rotatable bonds is 7. The number of amides is 1. The third-order valence-electron chi connectivity index (χ3n) is 3.20. The summed E-state index contributed by atoms with van der Waals surface area (Å²) in [5.74, 6) is 0.681. The van der Waals surface area contributed by atoms with Crippen LogP contribution < -0.4 is 15.8 Å². The number of carbonyl (C=O) groups excluding carboxylic acids is 1. The lowest BCUT2D eigenvalue weighted by molar-refractivity contribution is -0.126. The van der Waals surface area contributed by atoms with Gasteiger partial charge in [-0.3, -0.25) is 4.79 Å². The molecule has 21 heavy (non-hydrogen) atoms. The van der Waals surface area contributed by atoms with E-state index in [4.69, 9.17) is 10.5 Å². The number of hydrogen-bond donors (Lipinski definition) is 2. The summed E-state index contributed by atoms with van der Waals surface area (Å²) >= 11 is 0. The summed E-state index contributed by atoms with van der Waals surface area (Å²) < 4.78 is 5.74. The smallest absolute Gasteiger partial charge is 0.239 e. The fourth-order valence-electron chi connectivity index (χ4n) is 1.96. The Morgan fingerprint density at radius 1 is 1.38 bits per heavy atom. The van der Waals surface area contributed by atoms with E-state index in [0.29, 0.717) is 13.0 Å². The molecule has 0 aliphatic carbocycles. The molecule has 1 amide bonds. The first-order chi connectivity index (χ1) is 9.35. The molecular formula is C16H27ClN2O2. The summed E-state index contributed by atoms with van der Waals surface area (Å²) in [6.45, 7) is 8.18. The maximum Gasteiger partial charge on any atom is 0.239 e. The SMILES string of the molecule is CCCC(C)(N)C(=O)NCC(C)Oc1ccc(C)cc1.Cl. The minimum absolute atomic E-state index is 0. The van der Waals surface area contributed by atoms with Crippen LogP contribution in [-0.2, 0) is 4.79 Å². The topological polar surface area (TPSA) is 64.4 Å². The van der Waals surface area contributed by atoms with Crippen molar-refractivity contribution in [2.24, 2.45) is 5.73 Å². The van der Waals surface area contributed by atoms with Crippen LogP contribution in [0.15, 0.2) is 24.3 Å². The van der Waals surface area contributed by atoms with Crippen molar-refractivity contribution in [1.29, 1.82) is 0 Å². The van der Waals surface area contributed by atoms with E-state index in [1.165, 1.54) is 5.56 Å². The second kappa shape index (κ2) is 8.90. The molecule has 0 radical (unpaired) electrons. The molecule has 0 saturated carbocycles. The van der Waals surface area contributed by atoms with Crippen molar-refractivity contribution in [3.63, 3.8) is 0 Å². The van der Waals surface area contributed by atoms with Crippen LogP contribution in [0.5, 0.6) is 5.75 Å². The molecule has 0 saturated heterocycles. The third-order valence-corrected chi connectivity index (χ3v) is 3.20. The van der Waals surface area contributed by atoms with Gasteiger partial charge in [0.15, 0.2) is 0 Å². The quantitative estimate of drug-likeness (QED) is 0.813. The van der Waals surface area contributed by atoms with Crippen molar-refractivity contribution in [3.8, 4) is 5.75 Å². The van der Waals surface area contributed by atoms with Crippen molar-refractivity contribution in [3.05, 3.63) is 29.8 Å². The van der Waals surface area contributed by atoms with E-state index in [1.807, 2.05) is 45.0 Å². The molecule has 1 aromatic rings. The van der Waals surface area contributed by atoms with Crippen LogP contribution in [0.25, 0.3) is 0 Å². The van der Waals surface area contributed by atoms with E-state index in [9.17, 15) is 4.79 Å². The highest BCUT2D eigenvalue weighted by Gasteiger charge is 2.27. The van der Waals surface area contributed by atoms with Crippen LogP contribution in [-0.4, -0.2) is 24.1 Å². The van der Waals surface area contributed by atoms with E-state index in [0.717, 1.165) is 12.2 Å². The zero-order chi connectivity index (χ0) is 15.2. The lowest BCUT2D eigenvalue weighted by Crippen LogP contribution is -2.53. The Labute approximate surface area is 133 Å². The highest BCUT2D eigenvalue weighted by atomic mass is 35.5. The molecule has 120 valence electrons. The second-order valence-corrected chi connectivity index (χ2v) is 5.62. The molecule has 1 aromatic carbocycles. The Morgan fingerprint density at radius 3 is 2.48 bits per heavy atom. The summed E-state index contributed by atoms with van der Waals surface area (Å²) in [4.78, 5) is 12.0. The molecule has 0 bridgehead atoms. The molecule has 5 heteroatoms. The van der Waals surface area contributed by atoms with Crippen LogP contribution in [0.1, 0.15) is 39.2 Å². The van der Waals surface area contributed by atoms with Gasteiger partial charge in [0.05, 0.1) is 12.1 Å². The van der Waals surface area contributed by atoms with Crippen LogP contribution in [0.2, 0.25) is 0 Å². The van der Waals surface area contributed by atoms with E-state index in [-0.39, 0.29) is 24.4 Å². The fourth-order valence-corrected chi connectivity index (χ4v) is 1.96. The first-order valence-electron chi connectivity index (χ1n) is 7.15. The Kier molecular flexibility index (Phi) is 8.37. The van der Waals surface area contributed by atoms with Gasteiger partial charge >= 0.3 is 0 Å². The molecular weight excluding hydrogens is 288 g/mol. The van der Waals surface area contributed by atoms with E-state index in [2.05, 4.69) is 5.32 Å². The summed E-state index contributed by atoms with van der Waals surface area (Å²) in [5, 5.41) is 2.85. The van der Waals surface area contributed by atoms with Gasteiger partial charge in [0.25, 0.3) is 0 Å². The third kappa shape index (κ3) is 6.82. The minimum Gasteiger partial charge on any atom is -0.489 e. The first-order valence-corrected chi connectivity index (χ1v) is 7.15. The van der Waals surface area contributed by atoms with Gasteiger partial charge in [-0.15, -0.1) is 12.4 Å².